The minimum atomic E-state index is -0.0586. The van der Waals surface area contributed by atoms with Gasteiger partial charge in [0.05, 0.1) is 19.8 Å². The van der Waals surface area contributed by atoms with E-state index < -0.39 is 0 Å². The van der Waals surface area contributed by atoms with E-state index in [-0.39, 0.29) is 24.5 Å². The summed E-state index contributed by atoms with van der Waals surface area (Å²) in [5, 5.41) is 3.02. The first-order chi connectivity index (χ1) is 9.74. The topological polar surface area (TPSA) is 64.8 Å². The number of nitrogens with one attached hydrogen (secondary N) is 2. The molecule has 0 bridgehead atoms. The Bertz CT molecular complexity index is 577. The number of hydrogen-bond acceptors (Lipinski definition) is 3. The van der Waals surface area contributed by atoms with Crippen LogP contribution in [-0.2, 0) is 0 Å². The maximum absolute atomic E-state index is 11.8. The average molecular weight is 312 g/mol. The molecule has 2 heterocycles. The lowest BCUT2D eigenvalue weighted by molar-refractivity contribution is -0.515. The van der Waals surface area contributed by atoms with E-state index in [1.165, 1.54) is 0 Å². The van der Waals surface area contributed by atoms with Crippen molar-refractivity contribution in [3.63, 3.8) is 0 Å². The van der Waals surface area contributed by atoms with Crippen molar-refractivity contribution in [2.75, 3.05) is 20.8 Å². The van der Waals surface area contributed by atoms with E-state index in [0.717, 1.165) is 30.7 Å². The quantitative estimate of drug-likeness (QED) is 0.614. The van der Waals surface area contributed by atoms with Crippen LogP contribution in [0.3, 0.4) is 0 Å². The number of halogens is 1. The first kappa shape index (κ1) is 15.4. The monoisotopic (exact) mass is 311 g/mol. The van der Waals surface area contributed by atoms with E-state index in [0.29, 0.717) is 11.5 Å². The molecule has 114 valence electrons. The third-order valence-corrected chi connectivity index (χ3v) is 3.85. The molecule has 0 aromatic heterocycles. The lowest BCUT2D eigenvalue weighted by Crippen LogP contribution is -3.00. The van der Waals surface area contributed by atoms with Crippen LogP contribution >= 0.6 is 0 Å². The molecule has 2 amide bonds. The van der Waals surface area contributed by atoms with Crippen LogP contribution in [0.2, 0.25) is 0 Å². The number of urea groups is 1. The van der Waals surface area contributed by atoms with Crippen molar-refractivity contribution < 1.29 is 31.8 Å². The summed E-state index contributed by atoms with van der Waals surface area (Å²) >= 11 is 0. The predicted octanol–water partition coefficient (Wildman–Crippen LogP) is -3.32. The Kier molecular flexibility index (Phi) is 4.57. The maximum atomic E-state index is 11.8. The minimum Gasteiger partial charge on any atom is -1.00 e. The Balaban J connectivity index is 0.00000161. The van der Waals surface area contributed by atoms with Crippen molar-refractivity contribution in [2.24, 2.45) is 0 Å². The largest absolute Gasteiger partial charge is 1.00 e. The van der Waals surface area contributed by atoms with Crippen molar-refractivity contribution >= 4 is 11.7 Å². The Morgan fingerprint density at radius 2 is 2.05 bits per heavy atom. The van der Waals surface area contributed by atoms with Gasteiger partial charge in [0.1, 0.15) is 6.04 Å². The number of hydrazone groups is 1. The van der Waals surface area contributed by atoms with Crippen LogP contribution in [0.25, 0.3) is 0 Å². The number of nitrogens with zero attached hydrogens (tertiary/aromatic N) is 1. The second-order valence-electron chi connectivity index (χ2n) is 4.89. The summed E-state index contributed by atoms with van der Waals surface area (Å²) in [7, 11) is 3.23. The number of hydrazine groups is 1. The molecule has 0 saturated carbocycles. The smallest absolute Gasteiger partial charge is 0.371 e. The molecule has 1 aromatic rings. The number of ether oxygens (including phenoxy) is 2. The number of methoxy groups -OCH3 is 2. The molecule has 0 radical (unpaired) electrons. The minimum absolute atomic E-state index is 0. The van der Waals surface area contributed by atoms with Crippen molar-refractivity contribution in [1.29, 1.82) is 0 Å². The van der Waals surface area contributed by atoms with Gasteiger partial charge < -0.3 is 26.8 Å². The highest BCUT2D eigenvalue weighted by Crippen LogP contribution is 2.29. The first-order valence-electron chi connectivity index (χ1n) is 6.66. The third kappa shape index (κ3) is 2.63. The Labute approximate surface area is 129 Å². The summed E-state index contributed by atoms with van der Waals surface area (Å²) < 4.78 is 10.6. The predicted molar refractivity (Wildman–Crippen MR) is 72.9 cm³/mol. The van der Waals surface area contributed by atoms with Gasteiger partial charge in [0.25, 0.3) is 0 Å². The fraction of sp³-hybridized carbons (Fsp3) is 0.429. The van der Waals surface area contributed by atoms with Crippen LogP contribution in [0.1, 0.15) is 18.4 Å². The van der Waals surface area contributed by atoms with Gasteiger partial charge in [-0.1, -0.05) is 0 Å². The van der Waals surface area contributed by atoms with E-state index in [9.17, 15) is 4.79 Å². The molecule has 2 aliphatic heterocycles. The fourth-order valence-corrected chi connectivity index (χ4v) is 2.85. The van der Waals surface area contributed by atoms with Gasteiger partial charge in [0.2, 0.25) is 5.71 Å². The average Bonchev–Trinajstić information content (AvgIpc) is 2.97. The molecule has 6 nitrogen and oxygen atoms in total. The zero-order chi connectivity index (χ0) is 14.1. The molecule has 1 aromatic carbocycles. The Morgan fingerprint density at radius 3 is 2.76 bits per heavy atom. The Morgan fingerprint density at radius 1 is 1.29 bits per heavy atom. The van der Waals surface area contributed by atoms with Gasteiger partial charge in [0, 0.05) is 6.54 Å². The van der Waals surface area contributed by atoms with Gasteiger partial charge in [-0.05, 0) is 31.0 Å². The van der Waals surface area contributed by atoms with Crippen LogP contribution < -0.4 is 32.4 Å². The van der Waals surface area contributed by atoms with Crippen LogP contribution in [0.15, 0.2) is 18.2 Å². The number of hydrogen-bond donors (Lipinski definition) is 2. The highest BCUT2D eigenvalue weighted by molar-refractivity contribution is 6.03. The molecule has 21 heavy (non-hydrogen) atoms. The van der Waals surface area contributed by atoms with E-state index in [2.05, 4.69) is 10.5 Å². The molecule has 2 aliphatic rings. The number of benzene rings is 1. The summed E-state index contributed by atoms with van der Waals surface area (Å²) in [6.07, 6.45) is 2.00. The van der Waals surface area contributed by atoms with E-state index in [1.807, 2.05) is 23.1 Å². The van der Waals surface area contributed by atoms with Crippen molar-refractivity contribution in [3.05, 3.63) is 23.8 Å². The number of rotatable bonds is 3. The molecule has 1 atom stereocenters. The van der Waals surface area contributed by atoms with Crippen molar-refractivity contribution in [3.8, 4) is 11.5 Å². The summed E-state index contributed by atoms with van der Waals surface area (Å²) in [5.74, 6) is 1.38. The second-order valence-corrected chi connectivity index (χ2v) is 4.89. The SMILES string of the molecule is COc1ccc(C2=[NH+]NC(=O)N3CCCC23)cc1OC.[Cl-]. The van der Waals surface area contributed by atoms with Gasteiger partial charge >= 0.3 is 6.03 Å². The summed E-state index contributed by atoms with van der Waals surface area (Å²) in [6, 6.07) is 5.82. The van der Waals surface area contributed by atoms with Gasteiger partial charge in [-0.15, -0.1) is 10.5 Å². The lowest BCUT2D eigenvalue weighted by atomic mass is 10.0. The highest BCUT2D eigenvalue weighted by atomic mass is 35.5. The summed E-state index contributed by atoms with van der Waals surface area (Å²) in [5.41, 5.74) is 4.70. The third-order valence-electron chi connectivity index (χ3n) is 3.85. The van der Waals surface area contributed by atoms with Gasteiger partial charge in [0.15, 0.2) is 11.5 Å². The summed E-state index contributed by atoms with van der Waals surface area (Å²) in [6.45, 7) is 0.801. The van der Waals surface area contributed by atoms with Crippen molar-refractivity contribution in [2.45, 2.75) is 18.9 Å². The zero-order valence-corrected chi connectivity index (χ0v) is 12.7. The molecular formula is C14H18ClN3O3. The second kappa shape index (κ2) is 6.22. The number of carbonyl (C=O) groups excluding carboxylic acids is 1. The van der Waals surface area contributed by atoms with Crippen molar-refractivity contribution in [1.82, 2.24) is 10.3 Å². The molecule has 7 heteroatoms. The van der Waals surface area contributed by atoms with Crippen LogP contribution in [-0.4, -0.2) is 43.4 Å². The van der Waals surface area contributed by atoms with Crippen LogP contribution in [0, 0.1) is 0 Å². The molecular weight excluding hydrogens is 294 g/mol. The lowest BCUT2D eigenvalue weighted by Gasteiger charge is -2.25. The van der Waals surface area contributed by atoms with Gasteiger partial charge in [-0.2, -0.15) is 0 Å². The zero-order valence-electron chi connectivity index (χ0n) is 12.0. The van der Waals surface area contributed by atoms with E-state index in [1.54, 1.807) is 14.2 Å². The first-order valence-corrected chi connectivity index (χ1v) is 6.66. The number of amides is 2. The maximum Gasteiger partial charge on any atom is 0.371 e. The number of fused-ring (bicyclic) bond motifs is 1. The van der Waals surface area contributed by atoms with Gasteiger partial charge in [-0.25, -0.2) is 4.79 Å². The summed E-state index contributed by atoms with van der Waals surface area (Å²) in [4.78, 5) is 13.6. The standard InChI is InChI=1S/C14H17N3O3.ClH/c1-19-11-6-5-9(8-12(11)20-2)13-10-4-3-7-17(10)14(18)16-15-13;/h5-6,8,10H,3-4,7H2,1-2H3,(H,16,18);1H. The molecule has 0 spiro atoms. The molecule has 0 aliphatic carbocycles. The molecule has 2 N–H and O–H groups in total. The highest BCUT2D eigenvalue weighted by Gasteiger charge is 2.40. The Hall–Kier alpha value is -1.95. The van der Waals surface area contributed by atoms with Gasteiger partial charge in [-0.3, -0.25) is 0 Å². The van der Waals surface area contributed by atoms with Crippen LogP contribution in [0.4, 0.5) is 4.79 Å². The molecule has 1 saturated heterocycles. The van der Waals surface area contributed by atoms with E-state index >= 15 is 0 Å². The molecule has 1 unspecified atom stereocenters. The normalized spacial score (nSPS) is 20.1. The van der Waals surface area contributed by atoms with E-state index in [4.69, 9.17) is 9.47 Å². The fourth-order valence-electron chi connectivity index (χ4n) is 2.85. The molecule has 3 rings (SSSR count). The van der Waals surface area contributed by atoms with Crippen LogP contribution in [0.5, 0.6) is 11.5 Å². The number of carbonyl (C=O) groups is 1. The molecule has 1 fully saturated rings.